The average Bonchev–Trinajstić information content (AvgIpc) is 2.77. The van der Waals surface area contributed by atoms with E-state index in [-0.39, 0.29) is 32.7 Å². The zero-order chi connectivity index (χ0) is 13.9. The van der Waals surface area contributed by atoms with Crippen molar-refractivity contribution in [2.24, 2.45) is 7.05 Å². The fourth-order valence-corrected chi connectivity index (χ4v) is 3.09. The number of fused-ring (bicyclic) bond motifs is 2. The highest BCUT2D eigenvalue weighted by molar-refractivity contribution is 6.32. The maximum absolute atomic E-state index is 12.0. The van der Waals surface area contributed by atoms with Gasteiger partial charge in [-0.25, -0.2) is 0 Å². The highest BCUT2D eigenvalue weighted by Crippen LogP contribution is 2.13. The van der Waals surface area contributed by atoms with Crippen molar-refractivity contribution in [3.63, 3.8) is 0 Å². The van der Waals surface area contributed by atoms with Crippen LogP contribution >= 0.6 is 0 Å². The molecular weight excluding hydrogens is 263 g/mol. The molecule has 2 heterocycles. The van der Waals surface area contributed by atoms with E-state index in [1.54, 1.807) is 5.79 Å². The number of hydrogen-bond donors (Lipinski definition) is 0. The minimum Gasteiger partial charge on any atom is -0.379 e. The van der Waals surface area contributed by atoms with Crippen molar-refractivity contribution in [2.45, 2.75) is 5.79 Å². The molecule has 0 fully saturated rings. The Kier molecular flexibility index (Phi) is 2.39. The number of hydrogen-bond acceptors (Lipinski definition) is 4. The summed E-state index contributed by atoms with van der Waals surface area (Å²) in [5.41, 5.74) is -1.64. The third-order valence-electron chi connectivity index (χ3n) is 3.38. The van der Waals surface area contributed by atoms with Gasteiger partial charge in [-0.05, 0) is 12.1 Å². The second-order valence-corrected chi connectivity index (χ2v) is 5.38. The summed E-state index contributed by atoms with van der Waals surface area (Å²) < 4.78 is 2.16. The summed E-state index contributed by atoms with van der Waals surface area (Å²) >= 11 is -0.473. The van der Waals surface area contributed by atoms with Gasteiger partial charge in [-0.3, -0.25) is 23.7 Å². The quantitative estimate of drug-likeness (QED) is 0.530. The third-order valence-corrected chi connectivity index (χ3v) is 4.37. The first-order valence-electron chi connectivity index (χ1n) is 5.65. The summed E-state index contributed by atoms with van der Waals surface area (Å²) in [4.78, 5) is 47.7. The van der Waals surface area contributed by atoms with Crippen molar-refractivity contribution in [1.82, 2.24) is 8.12 Å². The van der Waals surface area contributed by atoms with Crippen molar-refractivity contribution in [3.05, 3.63) is 53.5 Å². The van der Waals surface area contributed by atoms with E-state index < -0.39 is 26.6 Å². The van der Waals surface area contributed by atoms with Crippen LogP contribution in [0, 0.1) is 0 Å². The number of aromatic nitrogens is 2. The van der Waals surface area contributed by atoms with Crippen LogP contribution in [-0.2, 0) is 7.05 Å². The van der Waals surface area contributed by atoms with Crippen LogP contribution in [0.25, 0.3) is 21.5 Å². The largest absolute Gasteiger partial charge is 0.384 e. The molecule has 93 valence electrons. The molecule has 0 bridgehead atoms. The standard InChI is InChI=1S/C11H6N2O4.CH3.Al/c1-13-10(16)6-2-4-5(3-7(6)11(13)17)9(15)12-8(4)14;;/h2-3H,1H3,(H,12,14,15);1H3;/q;;+1/p-1. The molecule has 0 amide bonds. The van der Waals surface area contributed by atoms with Crippen molar-refractivity contribution in [3.8, 4) is 0 Å². The maximum atomic E-state index is 12.0. The van der Waals surface area contributed by atoms with Gasteiger partial charge in [0.1, 0.15) is 0 Å². The first-order valence-corrected chi connectivity index (χ1v) is 7.32. The molecule has 6 nitrogen and oxygen atoms in total. The second kappa shape index (κ2) is 3.76. The Labute approximate surface area is 112 Å². The van der Waals surface area contributed by atoms with Gasteiger partial charge in [-0.15, -0.1) is 0 Å². The smallest absolute Gasteiger partial charge is 0.379 e. The van der Waals surface area contributed by atoms with Gasteiger partial charge in [0.05, 0.1) is 21.5 Å². The molecule has 0 aliphatic heterocycles. The molecule has 7 heteroatoms. The van der Waals surface area contributed by atoms with E-state index in [2.05, 4.69) is 0 Å². The molecule has 1 radical (unpaired) electrons. The van der Waals surface area contributed by atoms with Crippen LogP contribution in [0.2, 0.25) is 5.79 Å². The Morgan fingerprint density at radius 2 is 1.16 bits per heavy atom. The molecule has 0 aliphatic rings. The van der Waals surface area contributed by atoms with Gasteiger partial charge in [0.25, 0.3) is 11.1 Å². The van der Waals surface area contributed by atoms with Crippen molar-refractivity contribution < 1.29 is 0 Å². The molecule has 0 saturated carbocycles. The van der Waals surface area contributed by atoms with Gasteiger partial charge in [-0.2, -0.15) is 0 Å². The lowest BCUT2D eigenvalue weighted by Gasteiger charge is -1.86. The van der Waals surface area contributed by atoms with Crippen LogP contribution in [0.3, 0.4) is 0 Å². The molecule has 0 aliphatic carbocycles. The number of benzene rings is 1. The van der Waals surface area contributed by atoms with E-state index in [4.69, 9.17) is 0 Å². The van der Waals surface area contributed by atoms with Crippen LogP contribution in [0.1, 0.15) is 0 Å². The van der Waals surface area contributed by atoms with Crippen molar-refractivity contribution in [1.29, 1.82) is 0 Å². The first-order chi connectivity index (χ1) is 8.97. The van der Waals surface area contributed by atoms with Gasteiger partial charge in [-0.1, -0.05) is 5.79 Å². The summed E-state index contributed by atoms with van der Waals surface area (Å²) in [6.07, 6.45) is 0. The van der Waals surface area contributed by atoms with E-state index in [1.165, 1.54) is 22.7 Å². The fraction of sp³-hybridized carbons (Fsp3) is 0.167. The van der Waals surface area contributed by atoms with Crippen LogP contribution in [0.5, 0.6) is 0 Å². The number of nitrogens with zero attached hydrogens (tertiary/aromatic N) is 2. The van der Waals surface area contributed by atoms with Crippen molar-refractivity contribution in [2.75, 3.05) is 0 Å². The molecule has 1 aromatic carbocycles. The Hall–Kier alpha value is -1.97. The molecule has 3 aromatic rings. The molecule has 0 atom stereocenters. The third kappa shape index (κ3) is 1.37. The van der Waals surface area contributed by atoms with Crippen LogP contribution in [0.15, 0.2) is 31.3 Å². The summed E-state index contributed by atoms with van der Waals surface area (Å²) in [6.45, 7) is 0. The molecule has 3 rings (SSSR count). The Morgan fingerprint density at radius 1 is 0.789 bits per heavy atom. The highest BCUT2D eigenvalue weighted by atomic mass is 27.1. The summed E-state index contributed by atoms with van der Waals surface area (Å²) in [7, 11) is 1.38. The zero-order valence-electron chi connectivity index (χ0n) is 10.3. The van der Waals surface area contributed by atoms with E-state index in [9.17, 15) is 19.2 Å². The minimum absolute atomic E-state index is 0.195. The molecule has 0 saturated heterocycles. The van der Waals surface area contributed by atoms with E-state index in [1.807, 2.05) is 0 Å². The van der Waals surface area contributed by atoms with Crippen LogP contribution < -0.4 is 22.2 Å². The van der Waals surface area contributed by atoms with Gasteiger partial charge in [0.15, 0.2) is 0 Å². The molecule has 19 heavy (non-hydrogen) atoms. The van der Waals surface area contributed by atoms with Gasteiger partial charge in [0.2, 0.25) is 11.1 Å². The number of rotatable bonds is 1. The highest BCUT2D eigenvalue weighted by Gasteiger charge is 2.17. The maximum Gasteiger partial charge on any atom is 0.384 e. The lowest BCUT2D eigenvalue weighted by Crippen LogP contribution is -2.28. The predicted octanol–water partition coefficient (Wildman–Crippen LogP) is -1.04. The summed E-state index contributed by atoms with van der Waals surface area (Å²) in [6, 6.07) is 2.73. The van der Waals surface area contributed by atoms with Gasteiger partial charge in [0, 0.05) is 7.05 Å². The Balaban J connectivity index is 2.70. The lowest BCUT2D eigenvalue weighted by molar-refractivity contribution is 0.856. The topological polar surface area (TPSA) is 78.1 Å². The van der Waals surface area contributed by atoms with E-state index in [0.29, 0.717) is 0 Å². The first kappa shape index (κ1) is 12.1. The Morgan fingerprint density at radius 3 is 1.53 bits per heavy atom. The van der Waals surface area contributed by atoms with Crippen molar-refractivity contribution >= 4 is 37.0 Å². The normalized spacial score (nSPS) is 11.5. The fourth-order valence-electron chi connectivity index (χ4n) is 2.35. The Bertz CT molecular complexity index is 955. The molecular formula is C12H8AlN2O4. The predicted molar refractivity (Wildman–Crippen MR) is 72.9 cm³/mol. The summed E-state index contributed by atoms with van der Waals surface area (Å²) in [5, 5.41) is 0.824. The second-order valence-electron chi connectivity index (χ2n) is 4.35. The zero-order valence-corrected chi connectivity index (χ0v) is 11.4. The molecule has 2 aromatic heterocycles. The van der Waals surface area contributed by atoms with Gasteiger partial charge < -0.3 is 3.55 Å². The van der Waals surface area contributed by atoms with E-state index in [0.717, 1.165) is 4.57 Å². The van der Waals surface area contributed by atoms with Crippen LogP contribution in [0.4, 0.5) is 0 Å². The average molecular weight is 271 g/mol. The van der Waals surface area contributed by atoms with Crippen LogP contribution in [-0.4, -0.2) is 23.6 Å². The summed E-state index contributed by atoms with van der Waals surface area (Å²) in [5.74, 6) is 1.78. The molecule has 0 N–H and O–H groups in total. The molecule has 0 unspecified atom stereocenters. The SMILES string of the molecule is [CH3][Al][n]1c(=O)c2cc3c(=O)n(C)c(=O)c3cc2c1=O. The minimum atomic E-state index is -0.473. The van der Waals surface area contributed by atoms with Gasteiger partial charge >= 0.3 is 15.4 Å². The lowest BCUT2D eigenvalue weighted by atomic mass is 10.1. The molecule has 0 spiro atoms. The monoisotopic (exact) mass is 271 g/mol. The van der Waals surface area contributed by atoms with E-state index >= 15 is 0 Å².